The molecular formula is C12H16ClNO2. The molecule has 1 heterocycles. The van der Waals surface area contributed by atoms with E-state index in [0.29, 0.717) is 10.8 Å². The van der Waals surface area contributed by atoms with Crippen LogP contribution in [0.4, 0.5) is 0 Å². The number of ether oxygens (including phenoxy) is 1. The van der Waals surface area contributed by atoms with E-state index < -0.39 is 0 Å². The third-order valence-electron chi connectivity index (χ3n) is 2.88. The Morgan fingerprint density at radius 1 is 1.25 bits per heavy atom. The number of halogens is 1. The number of rotatable bonds is 2. The van der Waals surface area contributed by atoms with Crippen molar-refractivity contribution in [2.45, 2.75) is 44.3 Å². The number of aromatic nitrogens is 1. The van der Waals surface area contributed by atoms with E-state index in [9.17, 15) is 5.11 Å². The van der Waals surface area contributed by atoms with Gasteiger partial charge in [-0.25, -0.2) is 0 Å². The fourth-order valence-corrected chi connectivity index (χ4v) is 2.19. The maximum absolute atomic E-state index is 9.90. The van der Waals surface area contributed by atoms with Crippen molar-refractivity contribution >= 4 is 11.6 Å². The third-order valence-corrected chi connectivity index (χ3v) is 3.09. The number of hydrogen-bond donors (Lipinski definition) is 1. The normalized spacial score (nSPS) is 26.1. The van der Waals surface area contributed by atoms with Crippen molar-refractivity contribution in [3.8, 4) is 5.75 Å². The lowest BCUT2D eigenvalue weighted by Gasteiger charge is -2.21. The van der Waals surface area contributed by atoms with E-state index in [0.717, 1.165) is 25.7 Å². The molecule has 4 heteroatoms. The van der Waals surface area contributed by atoms with Gasteiger partial charge in [-0.2, -0.15) is 0 Å². The van der Waals surface area contributed by atoms with Gasteiger partial charge in [0.05, 0.1) is 17.3 Å². The van der Waals surface area contributed by atoms with Crippen LogP contribution in [0.15, 0.2) is 18.5 Å². The molecule has 2 rings (SSSR count). The molecule has 88 valence electrons. The van der Waals surface area contributed by atoms with Gasteiger partial charge in [0.2, 0.25) is 0 Å². The highest BCUT2D eigenvalue weighted by atomic mass is 35.5. The summed E-state index contributed by atoms with van der Waals surface area (Å²) >= 11 is 5.83. The van der Waals surface area contributed by atoms with Crippen molar-refractivity contribution < 1.29 is 9.84 Å². The predicted molar refractivity (Wildman–Crippen MR) is 62.8 cm³/mol. The van der Waals surface area contributed by atoms with E-state index in [1.165, 1.54) is 6.42 Å². The summed E-state index contributed by atoms with van der Waals surface area (Å²) in [4.78, 5) is 3.96. The molecule has 1 aromatic rings. The van der Waals surface area contributed by atoms with Crippen molar-refractivity contribution in [1.29, 1.82) is 0 Å². The summed E-state index contributed by atoms with van der Waals surface area (Å²) in [5.74, 6) is 0.637. The fraction of sp³-hybridized carbons (Fsp3) is 0.583. The van der Waals surface area contributed by atoms with Gasteiger partial charge < -0.3 is 9.84 Å². The maximum atomic E-state index is 9.90. The first-order valence-corrected chi connectivity index (χ1v) is 6.09. The lowest BCUT2D eigenvalue weighted by atomic mass is 10.1. The Kier molecular flexibility index (Phi) is 4.02. The Morgan fingerprint density at radius 3 is 2.88 bits per heavy atom. The molecule has 1 aliphatic rings. The van der Waals surface area contributed by atoms with Crippen molar-refractivity contribution in [2.24, 2.45) is 0 Å². The average Bonchev–Trinajstić information content (AvgIpc) is 2.45. The zero-order chi connectivity index (χ0) is 11.4. The lowest BCUT2D eigenvalue weighted by molar-refractivity contribution is 0.0318. The van der Waals surface area contributed by atoms with Crippen LogP contribution in [0.2, 0.25) is 5.02 Å². The Labute approximate surface area is 100 Å². The molecule has 0 amide bonds. The van der Waals surface area contributed by atoms with Crippen LogP contribution in [0.5, 0.6) is 5.75 Å². The molecule has 1 aromatic heterocycles. The lowest BCUT2D eigenvalue weighted by Crippen LogP contribution is -2.30. The molecule has 1 aliphatic carbocycles. The summed E-state index contributed by atoms with van der Waals surface area (Å²) in [6.07, 6.45) is 7.77. The van der Waals surface area contributed by atoms with Gasteiger partial charge >= 0.3 is 0 Å². The largest absolute Gasteiger partial charge is 0.486 e. The second kappa shape index (κ2) is 5.51. The standard InChI is InChI=1S/C12H16ClNO2/c13-9-6-10(8-14-7-9)16-12-5-3-1-2-4-11(12)15/h6-8,11-12,15H,1-5H2. The van der Waals surface area contributed by atoms with Crippen LogP contribution in [0, 0.1) is 0 Å². The van der Waals surface area contributed by atoms with Gasteiger partial charge in [-0.3, -0.25) is 4.98 Å². The van der Waals surface area contributed by atoms with E-state index in [2.05, 4.69) is 4.98 Å². The van der Waals surface area contributed by atoms with Gasteiger partial charge in [0.1, 0.15) is 11.9 Å². The summed E-state index contributed by atoms with van der Waals surface area (Å²) in [6.45, 7) is 0. The van der Waals surface area contributed by atoms with Gasteiger partial charge in [0, 0.05) is 12.3 Å². The van der Waals surface area contributed by atoms with E-state index in [-0.39, 0.29) is 12.2 Å². The van der Waals surface area contributed by atoms with Crippen LogP contribution >= 0.6 is 11.6 Å². The molecular weight excluding hydrogens is 226 g/mol. The number of nitrogens with zero attached hydrogens (tertiary/aromatic N) is 1. The molecule has 0 saturated heterocycles. The second-order valence-corrected chi connectivity index (χ2v) is 4.64. The van der Waals surface area contributed by atoms with Crippen molar-refractivity contribution in [3.63, 3.8) is 0 Å². The van der Waals surface area contributed by atoms with Gasteiger partial charge in [0.15, 0.2) is 0 Å². The second-order valence-electron chi connectivity index (χ2n) is 4.20. The van der Waals surface area contributed by atoms with Crippen molar-refractivity contribution in [1.82, 2.24) is 4.98 Å². The highest BCUT2D eigenvalue weighted by molar-refractivity contribution is 6.30. The Bertz CT molecular complexity index is 346. The van der Waals surface area contributed by atoms with Gasteiger partial charge in [-0.15, -0.1) is 0 Å². The third kappa shape index (κ3) is 3.09. The van der Waals surface area contributed by atoms with Crippen LogP contribution in [0.25, 0.3) is 0 Å². The number of aliphatic hydroxyl groups is 1. The van der Waals surface area contributed by atoms with Crippen molar-refractivity contribution in [2.75, 3.05) is 0 Å². The highest BCUT2D eigenvalue weighted by Gasteiger charge is 2.23. The fourth-order valence-electron chi connectivity index (χ4n) is 2.02. The van der Waals surface area contributed by atoms with E-state index in [4.69, 9.17) is 16.3 Å². The zero-order valence-corrected chi connectivity index (χ0v) is 9.86. The molecule has 2 unspecified atom stereocenters. The predicted octanol–water partition coefficient (Wildman–Crippen LogP) is 2.81. The van der Waals surface area contributed by atoms with Gasteiger partial charge in [-0.1, -0.05) is 24.4 Å². The zero-order valence-electron chi connectivity index (χ0n) is 9.10. The van der Waals surface area contributed by atoms with E-state index >= 15 is 0 Å². The Morgan fingerprint density at radius 2 is 2.06 bits per heavy atom. The average molecular weight is 242 g/mol. The molecule has 3 nitrogen and oxygen atoms in total. The number of hydrogen-bond acceptors (Lipinski definition) is 3. The molecule has 2 atom stereocenters. The van der Waals surface area contributed by atoms with Crippen LogP contribution < -0.4 is 4.74 Å². The quantitative estimate of drug-likeness (QED) is 0.810. The maximum Gasteiger partial charge on any atom is 0.139 e. The summed E-state index contributed by atoms with van der Waals surface area (Å²) in [7, 11) is 0. The summed E-state index contributed by atoms with van der Waals surface area (Å²) in [5, 5.41) is 10.5. The van der Waals surface area contributed by atoms with Crippen LogP contribution in [0.3, 0.4) is 0 Å². The van der Waals surface area contributed by atoms with Crippen LogP contribution in [-0.4, -0.2) is 22.3 Å². The molecule has 0 radical (unpaired) electrons. The highest BCUT2D eigenvalue weighted by Crippen LogP contribution is 2.24. The summed E-state index contributed by atoms with van der Waals surface area (Å²) < 4.78 is 5.73. The molecule has 1 saturated carbocycles. The first-order chi connectivity index (χ1) is 7.75. The molecule has 1 N–H and O–H groups in total. The van der Waals surface area contributed by atoms with Gasteiger partial charge in [0.25, 0.3) is 0 Å². The minimum atomic E-state index is -0.374. The molecule has 1 fully saturated rings. The minimum absolute atomic E-state index is 0.122. The van der Waals surface area contributed by atoms with Crippen molar-refractivity contribution in [3.05, 3.63) is 23.5 Å². The number of pyridine rings is 1. The van der Waals surface area contributed by atoms with Gasteiger partial charge in [-0.05, 0) is 19.3 Å². The molecule has 0 spiro atoms. The Balaban J connectivity index is 2.02. The van der Waals surface area contributed by atoms with Crippen LogP contribution in [0.1, 0.15) is 32.1 Å². The molecule has 16 heavy (non-hydrogen) atoms. The van der Waals surface area contributed by atoms with E-state index in [1.54, 1.807) is 18.5 Å². The molecule has 0 bridgehead atoms. The first kappa shape index (κ1) is 11.7. The summed E-state index contributed by atoms with van der Waals surface area (Å²) in [6, 6.07) is 1.73. The SMILES string of the molecule is OC1CCCCCC1Oc1cncc(Cl)c1. The smallest absolute Gasteiger partial charge is 0.139 e. The molecule has 0 aromatic carbocycles. The topological polar surface area (TPSA) is 42.4 Å². The first-order valence-electron chi connectivity index (χ1n) is 5.71. The summed E-state index contributed by atoms with van der Waals surface area (Å²) in [5.41, 5.74) is 0. The monoisotopic (exact) mass is 241 g/mol. The van der Waals surface area contributed by atoms with E-state index in [1.807, 2.05) is 0 Å². The minimum Gasteiger partial charge on any atom is -0.486 e. The molecule has 0 aliphatic heterocycles. The Hall–Kier alpha value is -0.800. The van der Waals surface area contributed by atoms with Crippen LogP contribution in [-0.2, 0) is 0 Å². The number of aliphatic hydroxyl groups excluding tert-OH is 1.